The molecule has 3 aliphatic heterocycles. The molecule has 3 unspecified atom stereocenters. The molecule has 14 N–H and O–H groups in total. The molecule has 0 saturated carbocycles. The van der Waals surface area contributed by atoms with Gasteiger partial charge < -0.3 is 85.8 Å². The van der Waals surface area contributed by atoms with E-state index < -0.39 is 129 Å². The first-order valence-electron chi connectivity index (χ1n) is 17.9. The number of aliphatic hydroxyl groups is 8. The smallest absolute Gasteiger partial charge is 0.320 e. The van der Waals surface area contributed by atoms with Crippen molar-refractivity contribution in [2.75, 3.05) is 19.8 Å². The Kier molecular flexibility index (Phi) is 17.9. The second-order valence-electron chi connectivity index (χ2n) is 13.6. The first-order chi connectivity index (χ1) is 24.7. The third-order valence-electron chi connectivity index (χ3n) is 9.67. The van der Waals surface area contributed by atoms with Crippen molar-refractivity contribution in [1.29, 1.82) is 0 Å². The fraction of sp³-hybridized carbons (Fsp3) is 0.938. The quantitative estimate of drug-likeness (QED) is 0.0414. The highest BCUT2D eigenvalue weighted by Gasteiger charge is 2.58. The highest BCUT2D eigenvalue weighted by Crippen LogP contribution is 2.35. The highest BCUT2D eigenvalue weighted by molar-refractivity contribution is 5.73. The van der Waals surface area contributed by atoms with Crippen molar-refractivity contribution in [3.8, 4) is 0 Å². The maximum absolute atomic E-state index is 12.8. The molecular formula is C32H59N3O17. The van der Waals surface area contributed by atoms with Crippen molar-refractivity contribution in [2.24, 2.45) is 11.5 Å². The van der Waals surface area contributed by atoms with Gasteiger partial charge in [0.25, 0.3) is 5.79 Å². The Bertz CT molecular complexity index is 1090. The van der Waals surface area contributed by atoms with Crippen LogP contribution in [0.5, 0.6) is 0 Å². The monoisotopic (exact) mass is 757 g/mol. The van der Waals surface area contributed by atoms with Gasteiger partial charge in [-0.1, -0.05) is 52.4 Å². The molecule has 20 nitrogen and oxygen atoms in total. The molecule has 52 heavy (non-hydrogen) atoms. The number of aliphatic hydroxyl groups excluding tert-OH is 8. The lowest BCUT2D eigenvalue weighted by molar-refractivity contribution is -0.400. The summed E-state index contributed by atoms with van der Waals surface area (Å²) in [6.45, 7) is 1.02. The first kappa shape index (κ1) is 44.7. The highest BCUT2D eigenvalue weighted by atomic mass is 16.8. The maximum Gasteiger partial charge on any atom is 0.320 e. The number of hydrogen-bond acceptors (Lipinski definition) is 19. The predicted octanol–water partition coefficient (Wildman–Crippen LogP) is -4.17. The minimum atomic E-state index is -2.55. The number of nitrogens with one attached hydrogen (secondary N) is 1. The van der Waals surface area contributed by atoms with Crippen LogP contribution in [0, 0.1) is 0 Å². The number of aliphatic carboxylic acids is 1. The standard InChI is InChI=1S/C32H59N3O17/c1-3-5-6-7-8-9-11-18(39)51-32(14-38)27(43)23(41)20(34)30(52-32)49-26-17(13-37)48-31(21(24(26)42)35-15(10-4-2)28(44)45)50-25-16(12-36)47-29(46)19(33)22(25)40/h15-17,19-27,29-31,35-38,40-43,46H,3-14,33-34H2,1-2H3,(H,44,45)/t15?,16-,17-,19-,20-,21-,22-,23-,24-,25?,26?,27+,29-,30+,31+,32+/m1/s1. The fourth-order valence-electron chi connectivity index (χ4n) is 6.54. The molecule has 0 aromatic carbocycles. The normalized spacial score (nSPS) is 40.3. The van der Waals surface area contributed by atoms with Gasteiger partial charge in [-0.25, -0.2) is 0 Å². The van der Waals surface area contributed by atoms with E-state index in [1.54, 1.807) is 6.92 Å². The Morgan fingerprint density at radius 2 is 1.38 bits per heavy atom. The lowest BCUT2D eigenvalue weighted by Crippen LogP contribution is -2.72. The van der Waals surface area contributed by atoms with Gasteiger partial charge in [-0.15, -0.1) is 0 Å². The zero-order valence-corrected chi connectivity index (χ0v) is 29.6. The van der Waals surface area contributed by atoms with Crippen LogP contribution in [-0.2, 0) is 38.0 Å². The number of hydrogen-bond donors (Lipinski definition) is 12. The lowest BCUT2D eigenvalue weighted by atomic mass is 9.92. The zero-order valence-electron chi connectivity index (χ0n) is 29.6. The summed E-state index contributed by atoms with van der Waals surface area (Å²) < 4.78 is 34.2. The van der Waals surface area contributed by atoms with Crippen LogP contribution in [-0.4, -0.2) is 175 Å². The molecule has 3 fully saturated rings. The van der Waals surface area contributed by atoms with Crippen molar-refractivity contribution in [3.05, 3.63) is 0 Å². The Morgan fingerprint density at radius 3 is 1.98 bits per heavy atom. The van der Waals surface area contributed by atoms with Crippen LogP contribution in [0.25, 0.3) is 0 Å². The van der Waals surface area contributed by atoms with E-state index in [0.29, 0.717) is 12.8 Å². The molecule has 3 saturated heterocycles. The molecule has 0 spiro atoms. The molecule has 0 aliphatic carbocycles. The van der Waals surface area contributed by atoms with Crippen LogP contribution in [0.2, 0.25) is 0 Å². The largest absolute Gasteiger partial charge is 0.480 e. The number of esters is 1. The summed E-state index contributed by atoms with van der Waals surface area (Å²) in [4.78, 5) is 25.0. The second kappa shape index (κ2) is 20.8. The van der Waals surface area contributed by atoms with Crippen LogP contribution in [0.1, 0.15) is 71.6 Å². The van der Waals surface area contributed by atoms with Crippen LogP contribution in [0.15, 0.2) is 0 Å². The summed E-state index contributed by atoms with van der Waals surface area (Å²) >= 11 is 0. The summed E-state index contributed by atoms with van der Waals surface area (Å²) in [5, 5.41) is 97.5. The lowest BCUT2D eigenvalue weighted by Gasteiger charge is -2.51. The number of carbonyl (C=O) groups excluding carboxylic acids is 1. The van der Waals surface area contributed by atoms with Gasteiger partial charge in [0.2, 0.25) is 0 Å². The van der Waals surface area contributed by atoms with Gasteiger partial charge in [-0.3, -0.25) is 14.9 Å². The molecule has 3 aliphatic rings. The van der Waals surface area contributed by atoms with Crippen molar-refractivity contribution >= 4 is 11.9 Å². The third kappa shape index (κ3) is 10.7. The van der Waals surface area contributed by atoms with Gasteiger partial charge in [-0.2, -0.15) is 0 Å². The Balaban J connectivity index is 1.88. The average Bonchev–Trinajstić information content (AvgIpc) is 3.12. The van der Waals surface area contributed by atoms with E-state index in [9.17, 15) is 55.5 Å². The van der Waals surface area contributed by atoms with E-state index in [1.165, 1.54) is 0 Å². The van der Waals surface area contributed by atoms with Crippen LogP contribution in [0.4, 0.5) is 0 Å². The molecule has 3 heterocycles. The molecule has 20 heteroatoms. The third-order valence-corrected chi connectivity index (χ3v) is 9.67. The molecule has 0 bridgehead atoms. The first-order valence-corrected chi connectivity index (χ1v) is 17.9. The number of carboxylic acid groups (broad SMARTS) is 1. The summed E-state index contributed by atoms with van der Waals surface area (Å²) in [6.07, 6.45) is -13.1. The topological polar surface area (TPSA) is 336 Å². The molecule has 304 valence electrons. The molecule has 0 aromatic heterocycles. The summed E-state index contributed by atoms with van der Waals surface area (Å²) in [6, 6.07) is -5.81. The molecule has 0 radical (unpaired) electrons. The summed E-state index contributed by atoms with van der Waals surface area (Å²) in [7, 11) is 0. The van der Waals surface area contributed by atoms with E-state index >= 15 is 0 Å². The summed E-state index contributed by atoms with van der Waals surface area (Å²) in [5.74, 6) is -4.70. The number of unbranched alkanes of at least 4 members (excludes halogenated alkanes) is 5. The minimum absolute atomic E-state index is 0.0650. The van der Waals surface area contributed by atoms with E-state index in [0.717, 1.165) is 32.1 Å². The molecule has 3 rings (SSSR count). The molecule has 16 atom stereocenters. The van der Waals surface area contributed by atoms with Crippen LogP contribution >= 0.6 is 0 Å². The molecule has 0 aromatic rings. The van der Waals surface area contributed by atoms with Gasteiger partial charge >= 0.3 is 11.9 Å². The predicted molar refractivity (Wildman–Crippen MR) is 175 cm³/mol. The van der Waals surface area contributed by atoms with Gasteiger partial charge in [0.05, 0.1) is 31.3 Å². The number of carboxylic acids is 1. The number of carbonyl (C=O) groups is 2. The van der Waals surface area contributed by atoms with E-state index in [-0.39, 0.29) is 12.8 Å². The van der Waals surface area contributed by atoms with E-state index in [1.807, 2.05) is 0 Å². The van der Waals surface area contributed by atoms with E-state index in [2.05, 4.69) is 12.2 Å². The summed E-state index contributed by atoms with van der Waals surface area (Å²) in [5.41, 5.74) is 12.0. The van der Waals surface area contributed by atoms with Gasteiger partial charge in [-0.05, 0) is 12.8 Å². The minimum Gasteiger partial charge on any atom is -0.480 e. The average molecular weight is 758 g/mol. The Labute approximate surface area is 301 Å². The van der Waals surface area contributed by atoms with Crippen molar-refractivity contribution in [2.45, 2.75) is 169 Å². The molecular weight excluding hydrogens is 698 g/mol. The van der Waals surface area contributed by atoms with E-state index in [4.69, 9.17) is 39.9 Å². The second-order valence-corrected chi connectivity index (χ2v) is 13.6. The number of ether oxygens (including phenoxy) is 6. The van der Waals surface area contributed by atoms with Crippen LogP contribution < -0.4 is 16.8 Å². The van der Waals surface area contributed by atoms with Crippen molar-refractivity contribution < 1.29 is 84.0 Å². The van der Waals surface area contributed by atoms with Gasteiger partial charge in [0.1, 0.15) is 61.5 Å². The van der Waals surface area contributed by atoms with Crippen molar-refractivity contribution in [1.82, 2.24) is 5.32 Å². The SMILES string of the molecule is CCCCCCCCC(=O)O[C@@]1(CO)O[C@H](OC2[C@@H](CO)O[C@@H](OC3[C@@H](CO)O[C@@H](O)[C@H](N)[C@H]3O)[C@H](NC(CCC)C(=O)O)[C@H]2O)[C@H](N)[C@@H](O)[C@@H]1O. The number of nitrogens with two attached hydrogens (primary N) is 2. The fourth-order valence-corrected chi connectivity index (χ4v) is 6.54. The van der Waals surface area contributed by atoms with Gasteiger partial charge in [0.15, 0.2) is 18.9 Å². The Morgan fingerprint density at radius 1 is 0.788 bits per heavy atom. The zero-order chi connectivity index (χ0) is 38.7. The molecule has 0 amide bonds. The maximum atomic E-state index is 12.8. The van der Waals surface area contributed by atoms with Crippen LogP contribution in [0.3, 0.4) is 0 Å². The van der Waals surface area contributed by atoms with Crippen molar-refractivity contribution in [3.63, 3.8) is 0 Å². The Hall–Kier alpha value is -1.70. The van der Waals surface area contributed by atoms with Gasteiger partial charge in [0, 0.05) is 6.42 Å². The number of rotatable bonds is 20.